The number of pyridine rings is 1. The van der Waals surface area contributed by atoms with Gasteiger partial charge in [-0.1, -0.05) is 41.9 Å². The minimum atomic E-state index is -1.04. The number of aromatic nitrogens is 2. The highest BCUT2D eigenvalue weighted by molar-refractivity contribution is 6.30. The molecule has 5 aromatic rings. The van der Waals surface area contributed by atoms with E-state index in [-0.39, 0.29) is 12.1 Å². The molecule has 0 saturated heterocycles. The fourth-order valence-electron chi connectivity index (χ4n) is 4.18. The predicted octanol–water partition coefficient (Wildman–Crippen LogP) is 6.15. The summed E-state index contributed by atoms with van der Waals surface area (Å²) >= 11 is 6.01. The first-order chi connectivity index (χ1) is 18.3. The van der Waals surface area contributed by atoms with Crippen molar-refractivity contribution in [2.45, 2.75) is 13.0 Å². The lowest BCUT2D eigenvalue weighted by Gasteiger charge is -2.12. The van der Waals surface area contributed by atoms with Crippen molar-refractivity contribution in [3.63, 3.8) is 0 Å². The van der Waals surface area contributed by atoms with Crippen LogP contribution in [0.1, 0.15) is 37.5 Å². The fourth-order valence-corrected chi connectivity index (χ4v) is 4.30. The Labute approximate surface area is 221 Å². The van der Waals surface area contributed by atoms with Gasteiger partial charge in [0, 0.05) is 24.2 Å². The molecule has 6 nitrogen and oxygen atoms in total. The second-order valence-electron chi connectivity index (χ2n) is 8.71. The molecule has 2 N–H and O–H groups in total. The molecule has 190 valence electrons. The van der Waals surface area contributed by atoms with Crippen molar-refractivity contribution in [3.05, 3.63) is 130 Å². The zero-order chi connectivity index (χ0) is 26.8. The molecule has 2 aromatic heterocycles. The highest BCUT2D eigenvalue weighted by Crippen LogP contribution is 2.27. The fraction of sp³-hybridized carbons (Fsp3) is 0.0690. The van der Waals surface area contributed by atoms with E-state index in [0.29, 0.717) is 44.9 Å². The zero-order valence-electron chi connectivity index (χ0n) is 19.8. The summed E-state index contributed by atoms with van der Waals surface area (Å²) < 4.78 is 29.2. The van der Waals surface area contributed by atoms with Crippen LogP contribution < -0.4 is 5.32 Å². The molecule has 0 saturated carbocycles. The Hall–Kier alpha value is -4.56. The predicted molar refractivity (Wildman–Crippen MR) is 139 cm³/mol. The standard InChI is InChI=1S/C29H20ClF2N3O3/c30-22-8-3-17(4-9-22)11-26-27-23(28(36)33-14-18-1-5-19(6-2-18)29(37)38)12-21(15-35(27)16-34-26)20-7-10-24(31)25(32)13-20/h1-10,12-13,15-16H,11,14H2,(H,33,36)(H,37,38). The third kappa shape index (κ3) is 5.26. The second-order valence-corrected chi connectivity index (χ2v) is 9.14. The molecule has 2 heterocycles. The van der Waals surface area contributed by atoms with Crippen molar-refractivity contribution in [1.82, 2.24) is 14.7 Å². The Kier molecular flexibility index (Phi) is 6.89. The van der Waals surface area contributed by atoms with E-state index < -0.39 is 23.5 Å². The molecule has 0 spiro atoms. The first kappa shape index (κ1) is 25.1. The average molecular weight is 532 g/mol. The van der Waals surface area contributed by atoms with E-state index in [2.05, 4.69) is 10.3 Å². The highest BCUT2D eigenvalue weighted by atomic mass is 35.5. The molecule has 38 heavy (non-hydrogen) atoms. The summed E-state index contributed by atoms with van der Waals surface area (Å²) in [7, 11) is 0. The molecule has 0 atom stereocenters. The second kappa shape index (κ2) is 10.4. The van der Waals surface area contributed by atoms with Gasteiger partial charge in [-0.15, -0.1) is 0 Å². The Bertz CT molecular complexity index is 1670. The Morgan fingerprint density at radius 3 is 2.29 bits per heavy atom. The van der Waals surface area contributed by atoms with Crippen molar-refractivity contribution in [1.29, 1.82) is 0 Å². The molecule has 3 aromatic carbocycles. The largest absolute Gasteiger partial charge is 0.478 e. The van der Waals surface area contributed by atoms with E-state index in [1.54, 1.807) is 47.3 Å². The van der Waals surface area contributed by atoms with Gasteiger partial charge < -0.3 is 14.8 Å². The van der Waals surface area contributed by atoms with Crippen LogP contribution in [0, 0.1) is 11.6 Å². The van der Waals surface area contributed by atoms with Crippen molar-refractivity contribution < 1.29 is 23.5 Å². The number of fused-ring (bicyclic) bond motifs is 1. The Balaban J connectivity index is 1.53. The van der Waals surface area contributed by atoms with Gasteiger partial charge in [-0.2, -0.15) is 0 Å². The number of carboxylic acid groups (broad SMARTS) is 1. The molecule has 0 unspecified atom stereocenters. The van der Waals surface area contributed by atoms with Gasteiger partial charge in [-0.3, -0.25) is 4.79 Å². The van der Waals surface area contributed by atoms with Crippen LogP contribution in [0.5, 0.6) is 0 Å². The number of hydrogen-bond donors (Lipinski definition) is 2. The minimum Gasteiger partial charge on any atom is -0.478 e. The summed E-state index contributed by atoms with van der Waals surface area (Å²) in [6.45, 7) is 0.154. The first-order valence-corrected chi connectivity index (χ1v) is 12.0. The number of carbonyl (C=O) groups is 2. The minimum absolute atomic E-state index is 0.145. The molecule has 0 bridgehead atoms. The number of halogens is 3. The van der Waals surface area contributed by atoms with Gasteiger partial charge in [0.15, 0.2) is 11.6 Å². The zero-order valence-corrected chi connectivity index (χ0v) is 20.5. The van der Waals surface area contributed by atoms with Crippen molar-refractivity contribution in [2.24, 2.45) is 0 Å². The number of aromatic carboxylic acids is 1. The maximum atomic E-state index is 14.0. The van der Waals surface area contributed by atoms with E-state index in [1.165, 1.54) is 18.2 Å². The summed E-state index contributed by atoms with van der Waals surface area (Å²) in [5, 5.41) is 12.6. The Morgan fingerprint density at radius 2 is 1.61 bits per heavy atom. The van der Waals surface area contributed by atoms with Crippen molar-refractivity contribution in [3.8, 4) is 11.1 Å². The lowest BCUT2D eigenvalue weighted by molar-refractivity contribution is 0.0696. The number of nitrogens with zero attached hydrogens (tertiary/aromatic N) is 2. The quantitative estimate of drug-likeness (QED) is 0.264. The van der Waals surface area contributed by atoms with Crippen molar-refractivity contribution >= 4 is 29.0 Å². The van der Waals surface area contributed by atoms with E-state index in [0.717, 1.165) is 17.7 Å². The summed E-state index contributed by atoms with van der Waals surface area (Å²) in [6, 6.07) is 18.7. The number of hydrogen-bond acceptors (Lipinski definition) is 3. The molecule has 0 aliphatic heterocycles. The molecule has 5 rings (SSSR count). The molecule has 0 aliphatic rings. The van der Waals surface area contributed by atoms with Crippen LogP contribution in [0.25, 0.3) is 16.6 Å². The topological polar surface area (TPSA) is 83.7 Å². The van der Waals surface area contributed by atoms with Crippen LogP contribution >= 0.6 is 11.6 Å². The number of carboxylic acids is 1. The van der Waals surface area contributed by atoms with Gasteiger partial charge in [0.1, 0.15) is 0 Å². The molecule has 9 heteroatoms. The number of nitrogens with one attached hydrogen (secondary N) is 1. The number of imidazole rings is 1. The lowest BCUT2D eigenvalue weighted by Crippen LogP contribution is -2.23. The van der Waals surface area contributed by atoms with Crippen molar-refractivity contribution in [2.75, 3.05) is 0 Å². The van der Waals surface area contributed by atoms with Crippen LogP contribution in [0.2, 0.25) is 5.02 Å². The van der Waals surface area contributed by atoms with Crippen LogP contribution in [0.3, 0.4) is 0 Å². The normalized spacial score (nSPS) is 11.0. The number of amides is 1. The van der Waals surface area contributed by atoms with Crippen LogP contribution in [0.15, 0.2) is 85.3 Å². The number of rotatable bonds is 7. The van der Waals surface area contributed by atoms with Gasteiger partial charge in [-0.05, 0) is 64.7 Å². The van der Waals surface area contributed by atoms with Gasteiger partial charge in [0.25, 0.3) is 5.91 Å². The Morgan fingerprint density at radius 1 is 0.895 bits per heavy atom. The first-order valence-electron chi connectivity index (χ1n) is 11.6. The van der Waals surface area contributed by atoms with Gasteiger partial charge in [-0.25, -0.2) is 18.6 Å². The lowest BCUT2D eigenvalue weighted by atomic mass is 10.0. The summed E-state index contributed by atoms with van der Waals surface area (Å²) in [6.07, 6.45) is 3.72. The van der Waals surface area contributed by atoms with Gasteiger partial charge in [0.05, 0.1) is 28.7 Å². The van der Waals surface area contributed by atoms with E-state index in [1.807, 2.05) is 12.1 Å². The highest BCUT2D eigenvalue weighted by Gasteiger charge is 2.19. The van der Waals surface area contributed by atoms with E-state index in [4.69, 9.17) is 16.7 Å². The third-order valence-electron chi connectivity index (χ3n) is 6.14. The van der Waals surface area contributed by atoms with Crippen LogP contribution in [-0.4, -0.2) is 26.4 Å². The smallest absolute Gasteiger partial charge is 0.335 e. The maximum absolute atomic E-state index is 14.0. The third-order valence-corrected chi connectivity index (χ3v) is 6.39. The number of carbonyl (C=O) groups excluding carboxylic acids is 1. The van der Waals surface area contributed by atoms with Crippen LogP contribution in [0.4, 0.5) is 8.78 Å². The SMILES string of the molecule is O=C(O)c1ccc(CNC(=O)c2cc(-c3ccc(F)c(F)c3)cn3cnc(Cc4ccc(Cl)cc4)c23)cc1. The monoisotopic (exact) mass is 531 g/mol. The summed E-state index contributed by atoms with van der Waals surface area (Å²) in [4.78, 5) is 29.1. The average Bonchev–Trinajstić information content (AvgIpc) is 3.32. The van der Waals surface area contributed by atoms with E-state index >= 15 is 0 Å². The molecule has 0 fully saturated rings. The summed E-state index contributed by atoms with van der Waals surface area (Å²) in [5.41, 5.74) is 4.24. The van der Waals surface area contributed by atoms with Gasteiger partial charge >= 0.3 is 5.97 Å². The molecular weight excluding hydrogens is 512 g/mol. The summed E-state index contributed by atoms with van der Waals surface area (Å²) in [5.74, 6) is -3.40. The number of benzene rings is 3. The van der Waals surface area contributed by atoms with E-state index in [9.17, 15) is 18.4 Å². The molecule has 0 radical (unpaired) electrons. The maximum Gasteiger partial charge on any atom is 0.335 e. The molecular formula is C29H20ClF2N3O3. The van der Waals surface area contributed by atoms with Crippen LogP contribution in [-0.2, 0) is 13.0 Å². The molecule has 0 aliphatic carbocycles. The van der Waals surface area contributed by atoms with Gasteiger partial charge in [0.2, 0.25) is 0 Å². The molecule has 1 amide bonds.